The number of nitrogens with one attached hydrogen (secondary N) is 2. The number of anilines is 2. The Morgan fingerprint density at radius 1 is 1.13 bits per heavy atom. The highest BCUT2D eigenvalue weighted by molar-refractivity contribution is 7.89. The van der Waals surface area contributed by atoms with Gasteiger partial charge in [0, 0.05) is 17.9 Å². The van der Waals surface area contributed by atoms with Gasteiger partial charge in [-0.3, -0.25) is 0 Å². The van der Waals surface area contributed by atoms with Gasteiger partial charge < -0.3 is 11.1 Å². The summed E-state index contributed by atoms with van der Waals surface area (Å²) < 4.78 is 68.3. The van der Waals surface area contributed by atoms with Gasteiger partial charge >= 0.3 is 6.18 Å². The van der Waals surface area contributed by atoms with Crippen LogP contribution in [0.5, 0.6) is 0 Å². The van der Waals surface area contributed by atoms with Crippen LogP contribution in [0.1, 0.15) is 22.3 Å². The second-order valence-corrected chi connectivity index (χ2v) is 8.91. The molecule has 1 atom stereocenters. The molecular formula is C22H26F3N3O2S. The molecule has 5 nitrogen and oxygen atoms in total. The Hall–Kier alpha value is -2.78. The lowest BCUT2D eigenvalue weighted by atomic mass is 10.1. The number of alkyl halides is 3. The molecule has 0 radical (unpaired) electrons. The summed E-state index contributed by atoms with van der Waals surface area (Å²) >= 11 is 0. The van der Waals surface area contributed by atoms with Gasteiger partial charge in [-0.15, -0.1) is 0 Å². The Bertz CT molecular complexity index is 1070. The fourth-order valence-electron chi connectivity index (χ4n) is 3.28. The molecule has 9 heteroatoms. The van der Waals surface area contributed by atoms with E-state index in [1.165, 1.54) is 6.07 Å². The smallest absolute Gasteiger partial charge is 0.398 e. The molecule has 0 fully saturated rings. The number of allylic oxidation sites excluding steroid dienone is 2. The summed E-state index contributed by atoms with van der Waals surface area (Å²) in [6.45, 7) is 7.77. The molecule has 0 heterocycles. The van der Waals surface area contributed by atoms with Crippen LogP contribution in [0, 0.1) is 20.8 Å². The number of rotatable bonds is 8. The number of hydrogen-bond acceptors (Lipinski definition) is 4. The van der Waals surface area contributed by atoms with Crippen molar-refractivity contribution >= 4 is 27.5 Å². The summed E-state index contributed by atoms with van der Waals surface area (Å²) in [5.74, 6) is 0. The van der Waals surface area contributed by atoms with Crippen molar-refractivity contribution in [3.8, 4) is 0 Å². The minimum atomic E-state index is -4.80. The number of nitrogens with two attached hydrogens (primary N) is 1. The van der Waals surface area contributed by atoms with Crippen molar-refractivity contribution in [3.63, 3.8) is 0 Å². The van der Waals surface area contributed by atoms with E-state index in [0.717, 1.165) is 5.56 Å². The molecule has 31 heavy (non-hydrogen) atoms. The molecule has 0 amide bonds. The van der Waals surface area contributed by atoms with E-state index in [2.05, 4.69) is 11.9 Å². The van der Waals surface area contributed by atoms with Crippen molar-refractivity contribution in [1.29, 1.82) is 0 Å². The molecule has 1 unspecified atom stereocenters. The Morgan fingerprint density at radius 2 is 1.74 bits per heavy atom. The van der Waals surface area contributed by atoms with Crippen molar-refractivity contribution in [3.05, 3.63) is 71.3 Å². The molecule has 0 aromatic heterocycles. The van der Waals surface area contributed by atoms with E-state index in [4.69, 9.17) is 5.73 Å². The summed E-state index contributed by atoms with van der Waals surface area (Å²) in [5.41, 5.74) is 8.87. The molecule has 0 spiro atoms. The molecule has 0 saturated carbocycles. The predicted octanol–water partition coefficient (Wildman–Crippen LogP) is 4.71. The summed E-state index contributed by atoms with van der Waals surface area (Å²) in [5, 5.41) is 2.65. The number of aryl methyl sites for hydroxylation is 3. The van der Waals surface area contributed by atoms with Gasteiger partial charge in [0.1, 0.15) is 6.04 Å². The average Bonchev–Trinajstić information content (AvgIpc) is 2.63. The standard InChI is InChI=1S/C22H26F3N3O2S/c1-5-6-7-17-12-18(8-9-19(17)26)27-13-20(22(23,24)25)28-31(29,30)21-15(3)10-14(2)11-16(21)4/h5-12,20,27-28H,1,13,26H2,2-4H3/b7-6-. The Morgan fingerprint density at radius 3 is 2.29 bits per heavy atom. The van der Waals surface area contributed by atoms with Crippen LogP contribution in [-0.4, -0.2) is 27.2 Å². The number of hydrogen-bond donors (Lipinski definition) is 3. The first kappa shape index (κ1) is 24.5. The highest BCUT2D eigenvalue weighted by atomic mass is 32.2. The summed E-state index contributed by atoms with van der Waals surface area (Å²) in [4.78, 5) is -0.142. The number of benzene rings is 2. The zero-order valence-electron chi connectivity index (χ0n) is 17.5. The lowest BCUT2D eigenvalue weighted by molar-refractivity contribution is -0.148. The Kier molecular flexibility index (Phi) is 7.56. The molecule has 2 aromatic rings. The number of sulfonamides is 1. The average molecular weight is 454 g/mol. The molecule has 168 valence electrons. The normalized spacial score (nSPS) is 13.4. The highest BCUT2D eigenvalue weighted by Gasteiger charge is 2.42. The van der Waals surface area contributed by atoms with Crippen LogP contribution in [0.4, 0.5) is 24.5 Å². The van der Waals surface area contributed by atoms with E-state index in [9.17, 15) is 21.6 Å². The van der Waals surface area contributed by atoms with E-state index in [1.54, 1.807) is 63.3 Å². The molecule has 0 aliphatic rings. The van der Waals surface area contributed by atoms with Gasteiger partial charge in [-0.1, -0.05) is 42.5 Å². The first-order valence-corrected chi connectivity index (χ1v) is 10.9. The minimum Gasteiger partial charge on any atom is -0.398 e. The van der Waals surface area contributed by atoms with E-state index < -0.39 is 28.8 Å². The number of nitrogen functional groups attached to an aromatic ring is 1. The van der Waals surface area contributed by atoms with Crippen molar-refractivity contribution in [2.75, 3.05) is 17.6 Å². The molecule has 0 aliphatic heterocycles. The third-order valence-electron chi connectivity index (χ3n) is 4.57. The summed E-state index contributed by atoms with van der Waals surface area (Å²) in [6.07, 6.45) is 0.0593. The molecule has 2 rings (SSSR count). The maximum atomic E-state index is 13.6. The van der Waals surface area contributed by atoms with Gasteiger partial charge in [0.05, 0.1) is 4.90 Å². The molecule has 0 aliphatic carbocycles. The molecule has 0 bridgehead atoms. The lowest BCUT2D eigenvalue weighted by Crippen LogP contribution is -2.49. The first-order chi connectivity index (χ1) is 14.3. The molecule has 4 N–H and O–H groups in total. The first-order valence-electron chi connectivity index (χ1n) is 9.44. The van der Waals surface area contributed by atoms with E-state index in [0.29, 0.717) is 28.1 Å². The highest BCUT2D eigenvalue weighted by Crippen LogP contribution is 2.27. The Labute approximate surface area is 180 Å². The van der Waals surface area contributed by atoms with Crippen molar-refractivity contribution in [2.45, 2.75) is 37.9 Å². The molecule has 0 saturated heterocycles. The topological polar surface area (TPSA) is 84.2 Å². The maximum Gasteiger partial charge on any atom is 0.406 e. The third kappa shape index (κ3) is 6.35. The Balaban J connectivity index is 2.28. The molecule has 2 aromatic carbocycles. The van der Waals surface area contributed by atoms with Crippen molar-refractivity contribution in [2.24, 2.45) is 0 Å². The SMILES string of the molecule is C=C/C=C\c1cc(NCC(NS(=O)(=O)c2c(C)cc(C)cc2C)C(F)(F)F)ccc1N. The zero-order chi connectivity index (χ0) is 23.4. The van der Waals surface area contributed by atoms with Crippen molar-refractivity contribution in [1.82, 2.24) is 4.72 Å². The van der Waals surface area contributed by atoms with Gasteiger partial charge in [0.2, 0.25) is 10.0 Å². The van der Waals surface area contributed by atoms with Crippen LogP contribution in [0.25, 0.3) is 6.08 Å². The second kappa shape index (κ2) is 9.57. The van der Waals surface area contributed by atoms with E-state index in [1.807, 2.05) is 4.72 Å². The van der Waals surface area contributed by atoms with Gasteiger partial charge in [0.15, 0.2) is 0 Å². The van der Waals surface area contributed by atoms with Crippen LogP contribution in [-0.2, 0) is 10.0 Å². The quantitative estimate of drug-likeness (QED) is 0.399. The summed E-state index contributed by atoms with van der Waals surface area (Å²) in [6, 6.07) is 5.56. The summed E-state index contributed by atoms with van der Waals surface area (Å²) in [7, 11) is -4.40. The monoisotopic (exact) mass is 453 g/mol. The van der Waals surface area contributed by atoms with Crippen LogP contribution < -0.4 is 15.8 Å². The fourth-order valence-corrected chi connectivity index (χ4v) is 4.96. The van der Waals surface area contributed by atoms with E-state index in [-0.39, 0.29) is 4.90 Å². The maximum absolute atomic E-state index is 13.6. The largest absolute Gasteiger partial charge is 0.406 e. The lowest BCUT2D eigenvalue weighted by Gasteiger charge is -2.24. The van der Waals surface area contributed by atoms with Crippen LogP contribution in [0.15, 0.2) is 54.0 Å². The van der Waals surface area contributed by atoms with Gasteiger partial charge in [-0.25, -0.2) is 8.42 Å². The third-order valence-corrected chi connectivity index (χ3v) is 6.35. The minimum absolute atomic E-state index is 0.142. The van der Waals surface area contributed by atoms with Crippen LogP contribution >= 0.6 is 0 Å². The number of halogens is 3. The van der Waals surface area contributed by atoms with Crippen molar-refractivity contribution < 1.29 is 21.6 Å². The van der Waals surface area contributed by atoms with Gasteiger partial charge in [0.25, 0.3) is 0 Å². The van der Waals surface area contributed by atoms with E-state index >= 15 is 0 Å². The van der Waals surface area contributed by atoms with Crippen LogP contribution in [0.3, 0.4) is 0 Å². The fraction of sp³-hybridized carbons (Fsp3) is 0.273. The molecular weight excluding hydrogens is 427 g/mol. The van der Waals surface area contributed by atoms with Gasteiger partial charge in [-0.05, 0) is 55.7 Å². The second-order valence-electron chi connectivity index (χ2n) is 7.26. The predicted molar refractivity (Wildman–Crippen MR) is 119 cm³/mol. The van der Waals surface area contributed by atoms with Crippen LogP contribution in [0.2, 0.25) is 0 Å². The zero-order valence-corrected chi connectivity index (χ0v) is 18.4. The van der Waals surface area contributed by atoms with Gasteiger partial charge in [-0.2, -0.15) is 17.9 Å².